The van der Waals surface area contributed by atoms with Crippen LogP contribution in [0.15, 0.2) is 24.3 Å². The van der Waals surface area contributed by atoms with Crippen LogP contribution in [0.25, 0.3) is 17.0 Å². The van der Waals surface area contributed by atoms with Crippen LogP contribution < -0.4 is 15.2 Å². The molecule has 0 unspecified atom stereocenters. The van der Waals surface area contributed by atoms with Gasteiger partial charge < -0.3 is 15.2 Å². The molecule has 0 aliphatic rings. The predicted molar refractivity (Wildman–Crippen MR) is 78.9 cm³/mol. The van der Waals surface area contributed by atoms with Gasteiger partial charge in [-0.1, -0.05) is 6.07 Å². The lowest BCUT2D eigenvalue weighted by Crippen LogP contribution is -2.07. The average molecular weight is 285 g/mol. The summed E-state index contributed by atoms with van der Waals surface area (Å²) in [5, 5.41) is 0. The number of methoxy groups -OCH3 is 2. The van der Waals surface area contributed by atoms with Gasteiger partial charge in [0.05, 0.1) is 31.3 Å². The van der Waals surface area contributed by atoms with Gasteiger partial charge in [0.1, 0.15) is 0 Å². The van der Waals surface area contributed by atoms with Gasteiger partial charge in [0, 0.05) is 0 Å². The molecule has 2 heterocycles. The number of benzene rings is 1. The molecule has 2 N–H and O–H groups in total. The number of fused-ring (bicyclic) bond motifs is 1. The Morgan fingerprint density at radius 1 is 1.00 bits per heavy atom. The molecule has 0 fully saturated rings. The number of imidazole rings is 1. The Bertz CT molecular complexity index is 790. The van der Waals surface area contributed by atoms with Crippen molar-refractivity contribution in [1.82, 2.24) is 19.5 Å². The summed E-state index contributed by atoms with van der Waals surface area (Å²) < 4.78 is 12.0. The first-order valence-electron chi connectivity index (χ1n) is 6.34. The Hall–Kier alpha value is -2.83. The van der Waals surface area contributed by atoms with Crippen molar-refractivity contribution in [3.05, 3.63) is 29.8 Å². The smallest absolute Gasteiger partial charge is 0.243 e. The van der Waals surface area contributed by atoms with Crippen molar-refractivity contribution in [1.29, 1.82) is 0 Å². The number of anilines is 1. The van der Waals surface area contributed by atoms with Gasteiger partial charge in [-0.3, -0.25) is 0 Å². The molecule has 0 amide bonds. The third-order valence-electron chi connectivity index (χ3n) is 3.12. The molecule has 0 saturated carbocycles. The maximum Gasteiger partial charge on any atom is 0.243 e. The molecule has 0 saturated heterocycles. The first-order chi connectivity index (χ1) is 10.1. The Morgan fingerprint density at radius 2 is 1.67 bits per heavy atom. The number of ether oxygens (including phenoxy) is 2. The van der Waals surface area contributed by atoms with Crippen molar-refractivity contribution in [2.45, 2.75) is 6.92 Å². The molecule has 0 spiro atoms. The number of hydrogen-bond donors (Lipinski definition) is 1. The van der Waals surface area contributed by atoms with Crippen molar-refractivity contribution in [2.75, 3.05) is 20.0 Å². The third kappa shape index (κ3) is 2.22. The summed E-state index contributed by atoms with van der Waals surface area (Å²) in [7, 11) is 3.06. The van der Waals surface area contributed by atoms with E-state index in [2.05, 4.69) is 15.0 Å². The predicted octanol–water partition coefficient (Wildman–Crippen LogP) is 1.72. The average Bonchev–Trinajstić information content (AvgIpc) is 2.81. The van der Waals surface area contributed by atoms with Crippen LogP contribution in [-0.4, -0.2) is 33.7 Å². The second-order valence-electron chi connectivity index (χ2n) is 4.55. The van der Waals surface area contributed by atoms with Gasteiger partial charge in [0.2, 0.25) is 23.7 Å². The summed E-state index contributed by atoms with van der Waals surface area (Å²) in [6, 6.07) is 7.48. The molecule has 2 aromatic heterocycles. The summed E-state index contributed by atoms with van der Waals surface area (Å²) in [6.07, 6.45) is 0. The largest absolute Gasteiger partial charge is 0.481 e. The van der Waals surface area contributed by atoms with Gasteiger partial charge >= 0.3 is 0 Å². The third-order valence-corrected chi connectivity index (χ3v) is 3.12. The van der Waals surface area contributed by atoms with Crippen molar-refractivity contribution >= 4 is 17.0 Å². The summed E-state index contributed by atoms with van der Waals surface area (Å²) >= 11 is 0. The molecule has 7 nitrogen and oxygen atoms in total. The number of nitrogens with zero attached hydrogens (tertiary/aromatic N) is 4. The SMILES string of the molecule is COc1cc(OC)nc(-n2c(N)nc3cc(C)ccc32)n1. The van der Waals surface area contributed by atoms with E-state index in [0.717, 1.165) is 16.6 Å². The van der Waals surface area contributed by atoms with Crippen molar-refractivity contribution in [3.63, 3.8) is 0 Å². The summed E-state index contributed by atoms with van der Waals surface area (Å²) in [5.41, 5.74) is 8.73. The van der Waals surface area contributed by atoms with E-state index in [4.69, 9.17) is 15.2 Å². The van der Waals surface area contributed by atoms with Crippen molar-refractivity contribution < 1.29 is 9.47 Å². The molecule has 0 bridgehead atoms. The van der Waals surface area contributed by atoms with E-state index in [1.165, 1.54) is 14.2 Å². The number of nitrogens with two attached hydrogens (primary N) is 1. The standard InChI is InChI=1S/C14H15N5O2/c1-8-4-5-10-9(6-8)16-13(15)19(10)14-17-11(20-2)7-12(18-14)21-3/h4-7H,1-3H3,(H2,15,16). The van der Waals surface area contributed by atoms with Crippen molar-refractivity contribution in [2.24, 2.45) is 0 Å². The summed E-state index contributed by atoms with van der Waals surface area (Å²) in [6.45, 7) is 2.00. The maximum absolute atomic E-state index is 6.01. The molecule has 0 radical (unpaired) electrons. The molecule has 108 valence electrons. The van der Waals surface area contributed by atoms with Gasteiger partial charge in [-0.25, -0.2) is 9.55 Å². The minimum atomic E-state index is 0.311. The van der Waals surface area contributed by atoms with Crippen molar-refractivity contribution in [3.8, 4) is 17.7 Å². The van der Waals surface area contributed by atoms with E-state index in [9.17, 15) is 0 Å². The van der Waals surface area contributed by atoms with Crippen LogP contribution in [0.3, 0.4) is 0 Å². The lowest BCUT2D eigenvalue weighted by atomic mass is 10.2. The van der Waals surface area contributed by atoms with Crippen LogP contribution in [0.2, 0.25) is 0 Å². The minimum absolute atomic E-state index is 0.311. The second-order valence-corrected chi connectivity index (χ2v) is 4.55. The van der Waals surface area contributed by atoms with E-state index >= 15 is 0 Å². The molecule has 1 aromatic carbocycles. The van der Waals surface area contributed by atoms with E-state index in [1.54, 1.807) is 10.6 Å². The van der Waals surface area contributed by atoms with Gasteiger partial charge in [0.15, 0.2) is 0 Å². The Morgan fingerprint density at radius 3 is 2.29 bits per heavy atom. The summed E-state index contributed by atoms with van der Waals surface area (Å²) in [4.78, 5) is 13.0. The number of aromatic nitrogens is 4. The quantitative estimate of drug-likeness (QED) is 0.788. The van der Waals surface area contributed by atoms with Gasteiger partial charge in [-0.05, 0) is 24.6 Å². The van der Waals surface area contributed by atoms with Gasteiger partial charge in [-0.15, -0.1) is 0 Å². The molecule has 7 heteroatoms. The zero-order chi connectivity index (χ0) is 15.0. The first-order valence-corrected chi connectivity index (χ1v) is 6.34. The lowest BCUT2D eigenvalue weighted by Gasteiger charge is -2.08. The highest BCUT2D eigenvalue weighted by atomic mass is 16.5. The van der Waals surface area contributed by atoms with Crippen LogP contribution in [-0.2, 0) is 0 Å². The van der Waals surface area contributed by atoms with Crippen LogP contribution >= 0.6 is 0 Å². The van der Waals surface area contributed by atoms with E-state index in [1.807, 2.05) is 25.1 Å². The number of aryl methyl sites for hydroxylation is 1. The minimum Gasteiger partial charge on any atom is -0.481 e. The van der Waals surface area contributed by atoms with Gasteiger partial charge in [-0.2, -0.15) is 9.97 Å². The first kappa shape index (κ1) is 13.2. The highest BCUT2D eigenvalue weighted by Gasteiger charge is 2.14. The molecule has 0 aliphatic heterocycles. The fraction of sp³-hybridized carbons (Fsp3) is 0.214. The van der Waals surface area contributed by atoms with E-state index in [0.29, 0.717) is 23.7 Å². The Balaban J connectivity index is 2.27. The van der Waals surface area contributed by atoms with Crippen LogP contribution in [0.4, 0.5) is 5.95 Å². The molecule has 3 aromatic rings. The zero-order valence-electron chi connectivity index (χ0n) is 12.0. The fourth-order valence-electron chi connectivity index (χ4n) is 2.12. The number of rotatable bonds is 3. The van der Waals surface area contributed by atoms with Crippen LogP contribution in [0.1, 0.15) is 5.56 Å². The van der Waals surface area contributed by atoms with Crippen LogP contribution in [0, 0.1) is 6.92 Å². The van der Waals surface area contributed by atoms with Crippen LogP contribution in [0.5, 0.6) is 11.8 Å². The second kappa shape index (κ2) is 4.93. The Kier molecular flexibility index (Phi) is 3.09. The zero-order valence-corrected chi connectivity index (χ0v) is 12.0. The van der Waals surface area contributed by atoms with Gasteiger partial charge in [0.25, 0.3) is 0 Å². The normalized spacial score (nSPS) is 10.8. The maximum atomic E-state index is 6.01. The highest BCUT2D eigenvalue weighted by molar-refractivity contribution is 5.80. The Labute approximate surface area is 121 Å². The van der Waals surface area contributed by atoms with E-state index < -0.39 is 0 Å². The molecule has 0 aliphatic carbocycles. The molecule has 21 heavy (non-hydrogen) atoms. The highest BCUT2D eigenvalue weighted by Crippen LogP contribution is 2.24. The number of nitrogen functional groups attached to an aromatic ring is 1. The topological polar surface area (TPSA) is 88.1 Å². The molecule has 3 rings (SSSR count). The lowest BCUT2D eigenvalue weighted by molar-refractivity contribution is 0.370. The molecular formula is C14H15N5O2. The number of hydrogen-bond acceptors (Lipinski definition) is 6. The summed E-state index contributed by atoms with van der Waals surface area (Å²) in [5.74, 6) is 1.45. The monoisotopic (exact) mass is 285 g/mol. The molecular weight excluding hydrogens is 270 g/mol. The van der Waals surface area contributed by atoms with E-state index in [-0.39, 0.29) is 0 Å². The fourth-order valence-corrected chi connectivity index (χ4v) is 2.12. The molecule has 0 atom stereocenters.